The molecule has 0 aliphatic rings. The highest BCUT2D eigenvalue weighted by Crippen LogP contribution is 2.25. The minimum Gasteiger partial charge on any atom is -0.385 e. The van der Waals surface area contributed by atoms with Crippen LogP contribution in [0.2, 0.25) is 0 Å². The molecule has 3 heteroatoms. The van der Waals surface area contributed by atoms with E-state index in [1.165, 1.54) is 0 Å². The van der Waals surface area contributed by atoms with Gasteiger partial charge in [-0.2, -0.15) is 0 Å². The quantitative estimate of drug-likeness (QED) is 0.496. The Morgan fingerprint density at radius 1 is 0.947 bits per heavy atom. The number of hydrogen-bond acceptors (Lipinski definition) is 2. The second-order valence-corrected chi connectivity index (χ2v) is 5.28. The summed E-state index contributed by atoms with van der Waals surface area (Å²) in [6.45, 7) is 20.8. The van der Waals surface area contributed by atoms with E-state index in [4.69, 9.17) is 0 Å². The maximum Gasteiger partial charge on any atom is 0.246 e. The molecule has 0 aromatic carbocycles. The zero-order valence-corrected chi connectivity index (χ0v) is 12.9. The van der Waals surface area contributed by atoms with Gasteiger partial charge in [-0.3, -0.25) is 4.79 Å². The van der Waals surface area contributed by atoms with Gasteiger partial charge < -0.3 is 10.6 Å². The summed E-state index contributed by atoms with van der Waals surface area (Å²) in [6.07, 6.45) is 1.97. The first kappa shape index (κ1) is 17.5. The summed E-state index contributed by atoms with van der Waals surface area (Å²) >= 11 is 0. The molecule has 0 atom stereocenters. The molecule has 0 bridgehead atoms. The van der Waals surface area contributed by atoms with E-state index in [1.54, 1.807) is 6.92 Å². The Morgan fingerprint density at radius 3 is 1.79 bits per heavy atom. The summed E-state index contributed by atoms with van der Waals surface area (Å²) < 4.78 is 0. The van der Waals surface area contributed by atoms with E-state index >= 15 is 0 Å². The van der Waals surface area contributed by atoms with Gasteiger partial charge in [-0.1, -0.05) is 33.6 Å². The molecular formula is C16H28N2O. The van der Waals surface area contributed by atoms with Crippen LogP contribution < -0.4 is 10.6 Å². The largest absolute Gasteiger partial charge is 0.385 e. The van der Waals surface area contributed by atoms with Crippen molar-refractivity contribution in [1.29, 1.82) is 0 Å². The summed E-state index contributed by atoms with van der Waals surface area (Å²) in [5, 5.41) is 6.26. The second-order valence-electron chi connectivity index (χ2n) is 5.28. The summed E-state index contributed by atoms with van der Waals surface area (Å²) in [7, 11) is 0. The van der Waals surface area contributed by atoms with Crippen LogP contribution in [-0.4, -0.2) is 19.0 Å². The first-order chi connectivity index (χ1) is 8.78. The van der Waals surface area contributed by atoms with Crippen LogP contribution in [0.4, 0.5) is 0 Å². The maximum atomic E-state index is 11.6. The molecule has 2 N–H and O–H groups in total. The fraction of sp³-hybridized carbons (Fsp3) is 0.562. The fourth-order valence-corrected chi connectivity index (χ4v) is 1.68. The average Bonchev–Trinajstić information content (AvgIpc) is 2.38. The van der Waals surface area contributed by atoms with Gasteiger partial charge in [-0.15, -0.1) is 0 Å². The Kier molecular flexibility index (Phi) is 7.20. The lowest BCUT2D eigenvalue weighted by atomic mass is 9.82. The lowest BCUT2D eigenvalue weighted by Crippen LogP contribution is -2.43. The molecule has 0 aliphatic heterocycles. The number of allylic oxidation sites excluding steroid dienone is 1. The molecule has 0 unspecified atom stereocenters. The van der Waals surface area contributed by atoms with Gasteiger partial charge in [-0.05, 0) is 32.3 Å². The molecular weight excluding hydrogens is 236 g/mol. The van der Waals surface area contributed by atoms with Gasteiger partial charge in [-0.25, -0.2) is 0 Å². The number of nitrogens with one attached hydrogen (secondary N) is 2. The molecule has 0 aromatic rings. The smallest absolute Gasteiger partial charge is 0.246 e. The Bertz CT molecular complexity index is 333. The van der Waals surface area contributed by atoms with E-state index in [1.807, 2.05) is 6.92 Å². The standard InChI is InChI=1S/C16H28N2O/c1-8-16(9-2,10-17-14(7)12(3)4)11-18-15(19)13(5)6/h17H,3,5,7-11H2,1-2,4,6H3,(H,18,19). The van der Waals surface area contributed by atoms with E-state index in [2.05, 4.69) is 44.2 Å². The normalized spacial score (nSPS) is 10.7. The van der Waals surface area contributed by atoms with Crippen molar-refractivity contribution >= 4 is 5.91 Å². The number of rotatable bonds is 9. The van der Waals surface area contributed by atoms with Crippen LogP contribution in [0.5, 0.6) is 0 Å². The topological polar surface area (TPSA) is 41.1 Å². The van der Waals surface area contributed by atoms with Crippen LogP contribution in [0.3, 0.4) is 0 Å². The molecule has 0 rings (SSSR count). The SMILES string of the molecule is C=C(C)C(=C)NCC(CC)(CC)CNC(=O)C(=C)C. The van der Waals surface area contributed by atoms with Crippen molar-refractivity contribution in [2.24, 2.45) is 5.41 Å². The van der Waals surface area contributed by atoms with Crippen molar-refractivity contribution in [3.05, 3.63) is 36.6 Å². The van der Waals surface area contributed by atoms with Gasteiger partial charge in [0.25, 0.3) is 0 Å². The summed E-state index contributed by atoms with van der Waals surface area (Å²) in [6, 6.07) is 0. The monoisotopic (exact) mass is 264 g/mol. The number of hydrogen-bond donors (Lipinski definition) is 2. The molecule has 0 radical (unpaired) electrons. The van der Waals surface area contributed by atoms with Gasteiger partial charge in [0.2, 0.25) is 5.91 Å². The van der Waals surface area contributed by atoms with E-state index in [9.17, 15) is 4.79 Å². The third kappa shape index (κ3) is 5.77. The Hall–Kier alpha value is -1.51. The van der Waals surface area contributed by atoms with Gasteiger partial charge in [0.1, 0.15) is 0 Å². The molecule has 0 spiro atoms. The first-order valence-electron chi connectivity index (χ1n) is 6.80. The molecule has 108 valence electrons. The third-order valence-electron chi connectivity index (χ3n) is 3.70. The molecule has 1 amide bonds. The first-order valence-corrected chi connectivity index (χ1v) is 6.80. The van der Waals surface area contributed by atoms with Gasteiger partial charge in [0.15, 0.2) is 0 Å². The number of amides is 1. The Balaban J connectivity index is 4.58. The van der Waals surface area contributed by atoms with Crippen LogP contribution in [0.15, 0.2) is 36.6 Å². The second kappa shape index (κ2) is 7.82. The van der Waals surface area contributed by atoms with E-state index in [-0.39, 0.29) is 11.3 Å². The maximum absolute atomic E-state index is 11.6. The van der Waals surface area contributed by atoms with Crippen LogP contribution in [0, 0.1) is 5.41 Å². The van der Waals surface area contributed by atoms with E-state index < -0.39 is 0 Å². The van der Waals surface area contributed by atoms with Crippen LogP contribution in [-0.2, 0) is 4.79 Å². The molecule has 0 saturated heterocycles. The van der Waals surface area contributed by atoms with Crippen molar-refractivity contribution in [3.8, 4) is 0 Å². The molecule has 0 aromatic heterocycles. The summed E-state index contributed by atoms with van der Waals surface area (Å²) in [5.74, 6) is -0.0787. The van der Waals surface area contributed by atoms with Gasteiger partial charge in [0.05, 0.1) is 0 Å². The lowest BCUT2D eigenvalue weighted by Gasteiger charge is -2.33. The highest BCUT2D eigenvalue weighted by molar-refractivity contribution is 5.92. The zero-order chi connectivity index (χ0) is 15.1. The third-order valence-corrected chi connectivity index (χ3v) is 3.70. The van der Waals surface area contributed by atoms with Gasteiger partial charge in [0, 0.05) is 29.8 Å². The predicted octanol–water partition coefficient (Wildman–Crippen LogP) is 3.16. The molecule has 3 nitrogen and oxygen atoms in total. The highest BCUT2D eigenvalue weighted by Gasteiger charge is 2.26. The lowest BCUT2D eigenvalue weighted by molar-refractivity contribution is -0.117. The minimum absolute atomic E-state index is 0.0312. The molecule has 0 heterocycles. The van der Waals surface area contributed by atoms with Crippen LogP contribution in [0.25, 0.3) is 0 Å². The molecule has 0 fully saturated rings. The molecule has 19 heavy (non-hydrogen) atoms. The van der Waals surface area contributed by atoms with Crippen molar-refractivity contribution in [3.63, 3.8) is 0 Å². The van der Waals surface area contributed by atoms with Crippen molar-refractivity contribution in [2.45, 2.75) is 40.5 Å². The molecule has 0 saturated carbocycles. The highest BCUT2D eigenvalue weighted by atomic mass is 16.1. The Morgan fingerprint density at radius 2 is 1.42 bits per heavy atom. The van der Waals surface area contributed by atoms with Crippen molar-refractivity contribution in [1.82, 2.24) is 10.6 Å². The summed E-state index contributed by atoms with van der Waals surface area (Å²) in [4.78, 5) is 11.6. The number of carbonyl (C=O) groups excluding carboxylic acids is 1. The van der Waals surface area contributed by atoms with Crippen LogP contribution in [0.1, 0.15) is 40.5 Å². The molecule has 0 aliphatic carbocycles. The van der Waals surface area contributed by atoms with Gasteiger partial charge >= 0.3 is 0 Å². The predicted molar refractivity (Wildman–Crippen MR) is 82.8 cm³/mol. The van der Waals surface area contributed by atoms with Crippen molar-refractivity contribution < 1.29 is 4.79 Å². The Labute approximate surface area is 117 Å². The zero-order valence-electron chi connectivity index (χ0n) is 12.9. The average molecular weight is 264 g/mol. The summed E-state index contributed by atoms with van der Waals surface area (Å²) in [5.41, 5.74) is 2.37. The number of carbonyl (C=O) groups is 1. The minimum atomic E-state index is -0.0787. The van der Waals surface area contributed by atoms with Crippen LogP contribution >= 0.6 is 0 Å². The van der Waals surface area contributed by atoms with E-state index in [0.29, 0.717) is 12.1 Å². The van der Waals surface area contributed by atoms with E-state index in [0.717, 1.165) is 30.7 Å². The van der Waals surface area contributed by atoms with Crippen molar-refractivity contribution in [2.75, 3.05) is 13.1 Å². The fourth-order valence-electron chi connectivity index (χ4n) is 1.68.